The number of halogens is 1. The molecule has 2 aromatic carbocycles. The zero-order valence-corrected chi connectivity index (χ0v) is 18.0. The largest absolute Gasteiger partial charge is 0.367 e. The lowest BCUT2D eigenvalue weighted by atomic mass is 9.90. The molecule has 1 aliphatic heterocycles. The Morgan fingerprint density at radius 2 is 1.50 bits per heavy atom. The molecule has 0 bridgehead atoms. The number of hydrogen-bond donors (Lipinski definition) is 1. The predicted octanol–water partition coefficient (Wildman–Crippen LogP) is 4.10. The highest BCUT2D eigenvalue weighted by Gasteiger charge is 2.42. The number of allylic oxidation sites excluding steroid dienone is 2. The standard InChI is InChI=1S/C22H21ClN2O4S/c1-14-10-12-25(13-11-14)19-20(26)17-4-2-3-5-18(17)21(27)22(19)30(28,29)24-16-8-6-15(23)7-9-16/h2-9,14,24H,10-13H2,1H3. The van der Waals surface area contributed by atoms with E-state index in [1.54, 1.807) is 35.2 Å². The Labute approximate surface area is 180 Å². The van der Waals surface area contributed by atoms with Crippen LogP contribution in [-0.2, 0) is 10.0 Å². The summed E-state index contributed by atoms with van der Waals surface area (Å²) in [6, 6.07) is 12.5. The number of sulfonamides is 1. The van der Waals surface area contributed by atoms with E-state index in [4.69, 9.17) is 11.6 Å². The van der Waals surface area contributed by atoms with Gasteiger partial charge in [0.05, 0.1) is 0 Å². The topological polar surface area (TPSA) is 83.6 Å². The van der Waals surface area contributed by atoms with Crippen molar-refractivity contribution in [2.24, 2.45) is 5.92 Å². The van der Waals surface area contributed by atoms with E-state index in [2.05, 4.69) is 11.6 Å². The van der Waals surface area contributed by atoms with E-state index in [0.717, 1.165) is 12.8 Å². The third kappa shape index (κ3) is 3.75. The predicted molar refractivity (Wildman–Crippen MR) is 116 cm³/mol. The number of carbonyl (C=O) groups excluding carboxylic acids is 2. The monoisotopic (exact) mass is 444 g/mol. The molecule has 1 aliphatic carbocycles. The van der Waals surface area contributed by atoms with Gasteiger partial charge in [-0.1, -0.05) is 42.8 Å². The second kappa shape index (κ2) is 7.89. The van der Waals surface area contributed by atoms with E-state index in [0.29, 0.717) is 24.0 Å². The molecule has 6 nitrogen and oxygen atoms in total. The summed E-state index contributed by atoms with van der Waals surface area (Å²) >= 11 is 5.87. The molecule has 0 aromatic heterocycles. The summed E-state index contributed by atoms with van der Waals surface area (Å²) in [6.07, 6.45) is 1.65. The number of likely N-dealkylation sites (tertiary alicyclic amines) is 1. The Hall–Kier alpha value is -2.64. The van der Waals surface area contributed by atoms with E-state index < -0.39 is 26.5 Å². The van der Waals surface area contributed by atoms with E-state index >= 15 is 0 Å². The van der Waals surface area contributed by atoms with Crippen molar-refractivity contribution in [2.75, 3.05) is 17.8 Å². The Morgan fingerprint density at radius 1 is 0.933 bits per heavy atom. The quantitative estimate of drug-likeness (QED) is 0.767. The van der Waals surface area contributed by atoms with Crippen LogP contribution >= 0.6 is 11.6 Å². The van der Waals surface area contributed by atoms with Gasteiger partial charge < -0.3 is 4.90 Å². The van der Waals surface area contributed by atoms with Crippen LogP contribution in [0.4, 0.5) is 5.69 Å². The van der Waals surface area contributed by atoms with Crippen LogP contribution in [0.15, 0.2) is 59.1 Å². The lowest BCUT2D eigenvalue weighted by Gasteiger charge is -2.35. The minimum atomic E-state index is -4.31. The van der Waals surface area contributed by atoms with Crippen molar-refractivity contribution in [3.05, 3.63) is 75.3 Å². The lowest BCUT2D eigenvalue weighted by Crippen LogP contribution is -2.41. The third-order valence-electron chi connectivity index (χ3n) is 5.52. The van der Waals surface area contributed by atoms with E-state index in [1.165, 1.54) is 18.2 Å². The Morgan fingerprint density at radius 3 is 2.10 bits per heavy atom. The van der Waals surface area contributed by atoms with Gasteiger partial charge in [0, 0.05) is 34.9 Å². The molecule has 1 heterocycles. The first kappa shape index (κ1) is 20.6. The van der Waals surface area contributed by atoms with Gasteiger partial charge in [-0.15, -0.1) is 0 Å². The molecular weight excluding hydrogens is 424 g/mol. The number of nitrogens with zero attached hydrogens (tertiary/aromatic N) is 1. The molecule has 0 saturated carbocycles. The van der Waals surface area contributed by atoms with Crippen LogP contribution in [0.25, 0.3) is 0 Å². The van der Waals surface area contributed by atoms with Crippen LogP contribution in [-0.4, -0.2) is 38.0 Å². The number of anilines is 1. The van der Waals surface area contributed by atoms with Gasteiger partial charge in [0.2, 0.25) is 11.6 Å². The number of benzene rings is 2. The van der Waals surface area contributed by atoms with Gasteiger partial charge >= 0.3 is 0 Å². The Bertz CT molecular complexity index is 1150. The maximum absolute atomic E-state index is 13.3. The van der Waals surface area contributed by atoms with Gasteiger partial charge in [0.15, 0.2) is 4.91 Å². The second-order valence-corrected chi connectivity index (χ2v) is 9.72. The number of hydrogen-bond acceptors (Lipinski definition) is 5. The van der Waals surface area contributed by atoms with Crippen molar-refractivity contribution in [3.63, 3.8) is 0 Å². The molecule has 4 rings (SSSR count). The van der Waals surface area contributed by atoms with Crippen LogP contribution in [0.5, 0.6) is 0 Å². The van der Waals surface area contributed by atoms with Crippen LogP contribution in [0, 0.1) is 5.92 Å². The molecule has 0 amide bonds. The number of fused-ring (bicyclic) bond motifs is 1. The zero-order chi connectivity index (χ0) is 21.5. The molecule has 2 aromatic rings. The molecule has 156 valence electrons. The highest BCUT2D eigenvalue weighted by Crippen LogP contribution is 2.34. The number of piperidine rings is 1. The summed E-state index contributed by atoms with van der Waals surface area (Å²) in [4.78, 5) is 27.9. The van der Waals surface area contributed by atoms with Gasteiger partial charge in [-0.3, -0.25) is 14.3 Å². The minimum absolute atomic E-state index is 0.0351. The van der Waals surface area contributed by atoms with Crippen molar-refractivity contribution in [3.8, 4) is 0 Å². The Kier molecular flexibility index (Phi) is 5.42. The molecule has 0 radical (unpaired) electrons. The first-order chi connectivity index (χ1) is 14.3. The average molecular weight is 445 g/mol. The van der Waals surface area contributed by atoms with E-state index in [9.17, 15) is 18.0 Å². The van der Waals surface area contributed by atoms with Crippen LogP contribution < -0.4 is 4.72 Å². The highest BCUT2D eigenvalue weighted by molar-refractivity contribution is 7.97. The molecule has 30 heavy (non-hydrogen) atoms. The van der Waals surface area contributed by atoms with Crippen molar-refractivity contribution in [1.29, 1.82) is 0 Å². The van der Waals surface area contributed by atoms with Crippen molar-refractivity contribution in [2.45, 2.75) is 19.8 Å². The first-order valence-corrected chi connectivity index (χ1v) is 11.6. The molecule has 2 aliphatic rings. The van der Waals surface area contributed by atoms with Crippen molar-refractivity contribution < 1.29 is 18.0 Å². The summed E-state index contributed by atoms with van der Waals surface area (Å²) in [6.45, 7) is 3.17. The summed E-state index contributed by atoms with van der Waals surface area (Å²) in [5, 5.41) is 0.457. The van der Waals surface area contributed by atoms with Crippen molar-refractivity contribution in [1.82, 2.24) is 4.90 Å². The Balaban J connectivity index is 1.84. The summed E-state index contributed by atoms with van der Waals surface area (Å²) < 4.78 is 29.1. The van der Waals surface area contributed by atoms with Crippen molar-refractivity contribution >= 4 is 38.9 Å². The molecule has 1 fully saturated rings. The number of carbonyl (C=O) groups is 2. The highest BCUT2D eigenvalue weighted by atomic mass is 35.5. The molecular formula is C22H21ClN2O4S. The maximum Gasteiger partial charge on any atom is 0.268 e. The zero-order valence-electron chi connectivity index (χ0n) is 16.4. The summed E-state index contributed by atoms with van der Waals surface area (Å²) in [5.41, 5.74) is 0.569. The fourth-order valence-electron chi connectivity index (χ4n) is 3.83. The SMILES string of the molecule is CC1CCN(C2=C(S(=O)(=O)Nc3ccc(Cl)cc3)C(=O)c3ccccc3C2=O)CC1. The van der Waals surface area contributed by atoms with Gasteiger partial charge in [-0.25, -0.2) is 8.42 Å². The number of Topliss-reactive ketones (excluding diaryl/α,β-unsaturated/α-hetero) is 2. The number of ketones is 2. The van der Waals surface area contributed by atoms with Crippen LogP contribution in [0.2, 0.25) is 5.02 Å². The first-order valence-electron chi connectivity index (χ1n) is 9.74. The summed E-state index contributed by atoms with van der Waals surface area (Å²) in [7, 11) is -4.31. The molecule has 0 unspecified atom stereocenters. The summed E-state index contributed by atoms with van der Waals surface area (Å²) in [5.74, 6) is -0.618. The normalized spacial score (nSPS) is 17.9. The van der Waals surface area contributed by atoms with E-state index in [-0.39, 0.29) is 22.5 Å². The minimum Gasteiger partial charge on any atom is -0.367 e. The van der Waals surface area contributed by atoms with Gasteiger partial charge in [0.25, 0.3) is 10.0 Å². The van der Waals surface area contributed by atoms with Crippen LogP contribution in [0.1, 0.15) is 40.5 Å². The lowest BCUT2D eigenvalue weighted by molar-refractivity contribution is 0.0933. The fourth-order valence-corrected chi connectivity index (χ4v) is 5.34. The number of nitrogens with one attached hydrogen (secondary N) is 1. The number of rotatable bonds is 4. The van der Waals surface area contributed by atoms with E-state index in [1.807, 2.05) is 0 Å². The smallest absolute Gasteiger partial charge is 0.268 e. The molecule has 0 atom stereocenters. The third-order valence-corrected chi connectivity index (χ3v) is 7.19. The fraction of sp³-hybridized carbons (Fsp3) is 0.273. The van der Waals surface area contributed by atoms with Crippen LogP contribution in [0.3, 0.4) is 0 Å². The average Bonchev–Trinajstić information content (AvgIpc) is 2.72. The van der Waals surface area contributed by atoms with Gasteiger partial charge in [-0.05, 0) is 43.0 Å². The van der Waals surface area contributed by atoms with Gasteiger partial charge in [0.1, 0.15) is 5.70 Å². The molecule has 1 N–H and O–H groups in total. The molecule has 0 spiro atoms. The molecule has 8 heteroatoms. The maximum atomic E-state index is 13.3. The van der Waals surface area contributed by atoms with Gasteiger partial charge in [-0.2, -0.15) is 0 Å². The second-order valence-electron chi connectivity index (χ2n) is 7.66. The molecule has 1 saturated heterocycles.